The van der Waals surface area contributed by atoms with Gasteiger partial charge < -0.3 is 9.80 Å². The molecule has 3 heterocycles. The minimum absolute atomic E-state index is 0.703. The highest BCUT2D eigenvalue weighted by molar-refractivity contribution is 5.18. The van der Waals surface area contributed by atoms with Crippen LogP contribution in [0.25, 0.3) is 0 Å². The van der Waals surface area contributed by atoms with Gasteiger partial charge >= 0.3 is 0 Å². The number of hydrogen-bond donors (Lipinski definition) is 0. The predicted molar refractivity (Wildman–Crippen MR) is 141 cm³/mol. The number of pyridine rings is 3. The Morgan fingerprint density at radius 2 is 0.914 bits per heavy atom. The third-order valence-corrected chi connectivity index (χ3v) is 5.73. The lowest BCUT2D eigenvalue weighted by molar-refractivity contribution is 0.317. The van der Waals surface area contributed by atoms with Crippen LogP contribution in [0.5, 0.6) is 0 Å². The lowest BCUT2D eigenvalue weighted by Crippen LogP contribution is -2.22. The zero-order chi connectivity index (χ0) is 24.5. The van der Waals surface area contributed by atoms with Crippen LogP contribution in [0.2, 0.25) is 0 Å². The highest BCUT2D eigenvalue weighted by Gasteiger charge is 2.08. The number of rotatable bonds is 10. The molecule has 0 N–H and O–H groups in total. The molecule has 35 heavy (non-hydrogen) atoms. The van der Waals surface area contributed by atoms with E-state index in [4.69, 9.17) is 0 Å². The first-order valence-corrected chi connectivity index (χ1v) is 12.0. The number of hydrogen-bond acceptors (Lipinski definition) is 5. The molecule has 0 bridgehead atoms. The molecular weight excluding hydrogens is 430 g/mol. The van der Waals surface area contributed by atoms with E-state index >= 15 is 0 Å². The van der Waals surface area contributed by atoms with Crippen LogP contribution in [0, 0.1) is 20.8 Å². The summed E-state index contributed by atoms with van der Waals surface area (Å²) in [5, 5.41) is 0. The Morgan fingerprint density at radius 3 is 1.29 bits per heavy atom. The van der Waals surface area contributed by atoms with Crippen molar-refractivity contribution in [1.82, 2.24) is 24.8 Å². The van der Waals surface area contributed by atoms with Crippen LogP contribution in [0.15, 0.2) is 97.7 Å². The second-order valence-electron chi connectivity index (χ2n) is 9.07. The Bertz CT molecular complexity index is 1150. The van der Waals surface area contributed by atoms with E-state index in [1.807, 2.05) is 18.6 Å². The summed E-state index contributed by atoms with van der Waals surface area (Å²) in [7, 11) is 0. The van der Waals surface area contributed by atoms with Crippen LogP contribution >= 0.6 is 0 Å². The maximum Gasteiger partial charge on any atom is 0.0601 e. The fourth-order valence-corrected chi connectivity index (χ4v) is 3.73. The molecule has 0 spiro atoms. The molecule has 4 rings (SSSR count). The third kappa shape index (κ3) is 7.78. The van der Waals surface area contributed by atoms with Crippen molar-refractivity contribution >= 4 is 0 Å². The summed E-state index contributed by atoms with van der Waals surface area (Å²) in [6.45, 7) is 9.12. The van der Waals surface area contributed by atoms with Crippen LogP contribution in [0.3, 0.4) is 0 Å². The third-order valence-electron chi connectivity index (χ3n) is 5.73. The Labute approximate surface area is 208 Å². The molecule has 0 amide bonds. The molecule has 5 nitrogen and oxygen atoms in total. The van der Waals surface area contributed by atoms with E-state index in [-0.39, 0.29) is 0 Å². The topological polar surface area (TPSA) is 45.2 Å². The van der Waals surface area contributed by atoms with Crippen molar-refractivity contribution in [1.29, 1.82) is 0 Å². The molecule has 0 atom stereocenters. The van der Waals surface area contributed by atoms with Gasteiger partial charge in [0.05, 0.1) is 36.7 Å². The smallest absolute Gasteiger partial charge is 0.0601 e. The van der Waals surface area contributed by atoms with Crippen molar-refractivity contribution in [3.63, 3.8) is 0 Å². The Kier molecular flexibility index (Phi) is 8.23. The molecule has 0 saturated heterocycles. The first kappa shape index (κ1) is 24.1. The second-order valence-corrected chi connectivity index (χ2v) is 9.07. The lowest BCUT2D eigenvalue weighted by Gasteiger charge is -2.24. The van der Waals surface area contributed by atoms with E-state index < -0.39 is 0 Å². The van der Waals surface area contributed by atoms with Gasteiger partial charge in [-0.3, -0.25) is 15.0 Å². The molecule has 0 fully saturated rings. The Balaban J connectivity index is 1.56. The highest BCUT2D eigenvalue weighted by Crippen LogP contribution is 2.13. The van der Waals surface area contributed by atoms with Gasteiger partial charge in [0, 0.05) is 37.5 Å². The fourth-order valence-electron chi connectivity index (χ4n) is 3.73. The molecule has 4 aromatic rings. The Morgan fingerprint density at radius 1 is 0.514 bits per heavy atom. The summed E-state index contributed by atoms with van der Waals surface area (Å²) in [6, 6.07) is 23.2. The van der Waals surface area contributed by atoms with Crippen LogP contribution in [0.1, 0.15) is 39.3 Å². The molecule has 178 valence electrons. The van der Waals surface area contributed by atoms with Crippen LogP contribution in [-0.2, 0) is 26.2 Å². The number of benzene rings is 1. The van der Waals surface area contributed by atoms with Crippen LogP contribution in [-0.4, -0.2) is 24.8 Å². The Hall–Kier alpha value is -3.99. The van der Waals surface area contributed by atoms with Gasteiger partial charge in [-0.15, -0.1) is 0 Å². The molecule has 0 aliphatic heterocycles. The van der Waals surface area contributed by atoms with Gasteiger partial charge in [-0.25, -0.2) is 0 Å². The summed E-state index contributed by atoms with van der Waals surface area (Å²) >= 11 is 0. The van der Waals surface area contributed by atoms with Gasteiger partial charge in [0.25, 0.3) is 0 Å². The number of aryl methyl sites for hydroxylation is 3. The standard InChI is InChI=1S/C30H33N5/c1-24-9-12-28(31-17-24)21-34(20-27-7-5-4-6-8-27)15-16-35(22-29-13-10-25(2)18-32-29)23-30-14-11-26(3)19-33-30/h4-19H,20-23H2,1-3H3. The van der Waals surface area contributed by atoms with Gasteiger partial charge in [-0.1, -0.05) is 48.5 Å². The van der Waals surface area contributed by atoms with E-state index in [0.717, 1.165) is 41.3 Å². The fraction of sp³-hybridized carbons (Fsp3) is 0.233. The quantitative estimate of drug-likeness (QED) is 0.290. The largest absolute Gasteiger partial charge is 0.366 e. The maximum atomic E-state index is 4.63. The van der Waals surface area contributed by atoms with E-state index in [2.05, 4.69) is 125 Å². The van der Waals surface area contributed by atoms with Crippen molar-refractivity contribution < 1.29 is 0 Å². The van der Waals surface area contributed by atoms with Crippen LogP contribution < -0.4 is 0 Å². The molecule has 1 aromatic carbocycles. The second kappa shape index (κ2) is 11.9. The summed E-state index contributed by atoms with van der Waals surface area (Å²) in [4.78, 5) is 18.4. The van der Waals surface area contributed by atoms with E-state index in [9.17, 15) is 0 Å². The predicted octanol–water partition coefficient (Wildman–Crippen LogP) is 5.97. The number of nitrogens with zero attached hydrogens (tertiary/aromatic N) is 5. The van der Waals surface area contributed by atoms with Crippen molar-refractivity contribution in [3.05, 3.63) is 137 Å². The van der Waals surface area contributed by atoms with Gasteiger partial charge in [0.15, 0.2) is 0 Å². The normalized spacial score (nSPS) is 11.1. The average molecular weight is 464 g/mol. The number of aromatic nitrogens is 3. The van der Waals surface area contributed by atoms with Gasteiger partial charge in [-0.05, 0) is 61.2 Å². The molecule has 0 unspecified atom stereocenters. The molecule has 0 aliphatic carbocycles. The molecule has 0 saturated carbocycles. The van der Waals surface area contributed by atoms with Crippen LogP contribution in [0.4, 0.5) is 0 Å². The molecule has 3 aromatic heterocycles. The average Bonchev–Trinajstić information content (AvgIpc) is 2.87. The molecule has 5 heteroatoms. The minimum Gasteiger partial charge on any atom is -0.366 e. The van der Waals surface area contributed by atoms with Gasteiger partial charge in [0.1, 0.15) is 0 Å². The zero-order valence-corrected chi connectivity index (χ0v) is 20.8. The minimum atomic E-state index is 0.703. The van der Waals surface area contributed by atoms with Crippen molar-refractivity contribution in [2.24, 2.45) is 0 Å². The van der Waals surface area contributed by atoms with E-state index in [1.54, 1.807) is 0 Å². The lowest BCUT2D eigenvalue weighted by atomic mass is 10.2. The first-order valence-electron chi connectivity index (χ1n) is 12.0. The molecular formula is C30H33N5. The summed E-state index contributed by atoms with van der Waals surface area (Å²) < 4.78 is 0. The summed E-state index contributed by atoms with van der Waals surface area (Å²) in [6.07, 6.45) is 10.1. The van der Waals surface area contributed by atoms with Crippen molar-refractivity contribution in [2.45, 2.75) is 47.0 Å². The summed E-state index contributed by atoms with van der Waals surface area (Å²) in [5.41, 5.74) is 7.86. The van der Waals surface area contributed by atoms with Crippen molar-refractivity contribution in [3.8, 4) is 0 Å². The monoisotopic (exact) mass is 463 g/mol. The summed E-state index contributed by atoms with van der Waals surface area (Å²) in [5.74, 6) is 0. The SMILES string of the molecule is Cc1ccc(CN(C=CN(Cc2ccc(C)cn2)Cc2ccc(C)cn2)Cc2ccccc2)nc1. The first-order chi connectivity index (χ1) is 17.0. The van der Waals surface area contributed by atoms with E-state index in [1.165, 1.54) is 11.1 Å². The highest BCUT2D eigenvalue weighted by atomic mass is 15.2. The van der Waals surface area contributed by atoms with E-state index in [0.29, 0.717) is 13.1 Å². The van der Waals surface area contributed by atoms with Crippen molar-refractivity contribution in [2.75, 3.05) is 0 Å². The molecule has 0 aliphatic rings. The van der Waals surface area contributed by atoms with Gasteiger partial charge in [-0.2, -0.15) is 0 Å². The molecule has 0 radical (unpaired) electrons. The maximum absolute atomic E-state index is 4.63. The van der Waals surface area contributed by atoms with Gasteiger partial charge in [0.2, 0.25) is 0 Å². The zero-order valence-electron chi connectivity index (χ0n) is 20.8.